The molecule has 1 N–H and O–H groups in total. The molecule has 9 heteroatoms. The monoisotopic (exact) mass is 408 g/mol. The minimum Gasteiger partial charge on any atom is -0.452 e. The van der Waals surface area contributed by atoms with Crippen molar-refractivity contribution >= 4 is 40.9 Å². The molecule has 2 aromatic rings. The number of hydrogen-bond acceptors (Lipinski definition) is 6. The number of rotatable bonds is 7. The van der Waals surface area contributed by atoms with Crippen LogP contribution in [-0.4, -0.2) is 29.7 Å². The minimum atomic E-state index is -0.806. The average molecular weight is 409 g/mol. The van der Waals surface area contributed by atoms with Gasteiger partial charge in [-0.2, -0.15) is 0 Å². The molecule has 0 radical (unpaired) electrons. The van der Waals surface area contributed by atoms with Crippen LogP contribution in [0.1, 0.15) is 28.9 Å². The van der Waals surface area contributed by atoms with E-state index in [1.54, 1.807) is 37.4 Å². The van der Waals surface area contributed by atoms with E-state index in [0.29, 0.717) is 9.92 Å². The van der Waals surface area contributed by atoms with Gasteiger partial charge in [-0.3, -0.25) is 14.9 Å². The minimum absolute atomic E-state index is 0.0121. The van der Waals surface area contributed by atoms with E-state index in [4.69, 9.17) is 16.3 Å². The number of amides is 1. The summed E-state index contributed by atoms with van der Waals surface area (Å²) >= 11 is 7.03. The number of carbonyl (C=O) groups excluding carboxylic acids is 2. The lowest BCUT2D eigenvalue weighted by Gasteiger charge is -2.14. The van der Waals surface area contributed by atoms with Crippen molar-refractivity contribution < 1.29 is 19.2 Å². The summed E-state index contributed by atoms with van der Waals surface area (Å²) in [5, 5.41) is 14.4. The second-order valence-corrected chi connectivity index (χ2v) is 6.85. The molecule has 27 heavy (non-hydrogen) atoms. The first kappa shape index (κ1) is 20.7. The molecule has 0 aromatic heterocycles. The molecule has 0 unspecified atom stereocenters. The van der Waals surface area contributed by atoms with Gasteiger partial charge in [0.1, 0.15) is 0 Å². The standard InChI is InChI=1S/C18H17ClN2O5S/c1-11(12-3-6-14(19)7-4-12)20-17(22)10-26-18(23)13-5-8-16(27-2)15(9-13)21(24)25/h3-9,11H,10H2,1-2H3,(H,20,22)/t11-/m1/s1. The van der Waals surface area contributed by atoms with Gasteiger partial charge in [0.05, 0.1) is 21.4 Å². The van der Waals surface area contributed by atoms with E-state index in [9.17, 15) is 19.7 Å². The first-order valence-electron chi connectivity index (χ1n) is 7.86. The maximum absolute atomic E-state index is 12.1. The number of thioether (sulfide) groups is 1. The summed E-state index contributed by atoms with van der Waals surface area (Å²) in [6.07, 6.45) is 1.70. The number of nitrogens with one attached hydrogen (secondary N) is 1. The molecule has 7 nitrogen and oxygen atoms in total. The highest BCUT2D eigenvalue weighted by atomic mass is 35.5. The lowest BCUT2D eigenvalue weighted by molar-refractivity contribution is -0.387. The van der Waals surface area contributed by atoms with Gasteiger partial charge >= 0.3 is 5.97 Å². The van der Waals surface area contributed by atoms with Crippen LogP contribution in [0.15, 0.2) is 47.4 Å². The molecule has 142 valence electrons. The molecule has 1 atom stereocenters. The smallest absolute Gasteiger partial charge is 0.338 e. The van der Waals surface area contributed by atoms with Crippen LogP contribution in [0.4, 0.5) is 5.69 Å². The Hall–Kier alpha value is -2.58. The summed E-state index contributed by atoms with van der Waals surface area (Å²) in [5.74, 6) is -1.29. The van der Waals surface area contributed by atoms with E-state index in [2.05, 4.69) is 5.32 Å². The molecule has 0 heterocycles. The van der Waals surface area contributed by atoms with Crippen molar-refractivity contribution in [3.05, 3.63) is 68.7 Å². The zero-order valence-electron chi connectivity index (χ0n) is 14.6. The first-order chi connectivity index (χ1) is 12.8. The topological polar surface area (TPSA) is 98.5 Å². The van der Waals surface area contributed by atoms with Crippen molar-refractivity contribution in [1.82, 2.24) is 5.32 Å². The van der Waals surface area contributed by atoms with E-state index in [0.717, 1.165) is 11.6 Å². The van der Waals surface area contributed by atoms with Crippen LogP contribution in [0.25, 0.3) is 0 Å². The average Bonchev–Trinajstić information content (AvgIpc) is 2.65. The van der Waals surface area contributed by atoms with E-state index < -0.39 is 23.4 Å². The normalized spacial score (nSPS) is 11.5. The fourth-order valence-electron chi connectivity index (χ4n) is 2.29. The van der Waals surface area contributed by atoms with Crippen molar-refractivity contribution in [1.29, 1.82) is 0 Å². The number of nitrogens with zero attached hydrogens (tertiary/aromatic N) is 1. The number of carbonyl (C=O) groups is 2. The summed E-state index contributed by atoms with van der Waals surface area (Å²) in [7, 11) is 0. The number of benzene rings is 2. The van der Waals surface area contributed by atoms with Gasteiger partial charge in [-0.15, -0.1) is 11.8 Å². The van der Waals surface area contributed by atoms with E-state index in [1.165, 1.54) is 23.9 Å². The molecule has 0 saturated heterocycles. The Morgan fingerprint density at radius 2 is 1.93 bits per heavy atom. The molecular weight excluding hydrogens is 392 g/mol. The summed E-state index contributed by atoms with van der Waals surface area (Å²) in [6, 6.07) is 10.7. The predicted molar refractivity (Wildman–Crippen MR) is 103 cm³/mol. The van der Waals surface area contributed by atoms with Crippen LogP contribution in [0, 0.1) is 10.1 Å². The number of halogens is 1. The van der Waals surface area contributed by atoms with Gasteiger partial charge in [0.2, 0.25) is 0 Å². The first-order valence-corrected chi connectivity index (χ1v) is 9.46. The molecule has 0 fully saturated rings. The van der Waals surface area contributed by atoms with Crippen LogP contribution in [0.5, 0.6) is 0 Å². The molecule has 2 rings (SSSR count). The van der Waals surface area contributed by atoms with Crippen LogP contribution in [0.2, 0.25) is 5.02 Å². The summed E-state index contributed by atoms with van der Waals surface area (Å²) in [5.41, 5.74) is 0.679. The highest BCUT2D eigenvalue weighted by Crippen LogP contribution is 2.28. The van der Waals surface area contributed by atoms with E-state index in [1.807, 2.05) is 0 Å². The molecule has 2 aromatic carbocycles. The fraction of sp³-hybridized carbons (Fsp3) is 0.222. The van der Waals surface area contributed by atoms with Crippen molar-refractivity contribution in [2.24, 2.45) is 0 Å². The summed E-state index contributed by atoms with van der Waals surface area (Å²) in [4.78, 5) is 35.0. The number of nitro benzene ring substituents is 1. The Labute approximate surface area is 165 Å². The molecule has 0 aliphatic heterocycles. The second-order valence-electron chi connectivity index (χ2n) is 5.56. The fourth-order valence-corrected chi connectivity index (χ4v) is 2.96. The number of esters is 1. The highest BCUT2D eigenvalue weighted by Gasteiger charge is 2.19. The summed E-state index contributed by atoms with van der Waals surface area (Å²) in [6.45, 7) is 1.29. The van der Waals surface area contributed by atoms with Crippen LogP contribution in [-0.2, 0) is 9.53 Å². The molecule has 0 spiro atoms. The van der Waals surface area contributed by atoms with Gasteiger partial charge in [0, 0.05) is 11.1 Å². The Morgan fingerprint density at radius 3 is 2.52 bits per heavy atom. The van der Waals surface area contributed by atoms with Gasteiger partial charge in [-0.1, -0.05) is 23.7 Å². The largest absolute Gasteiger partial charge is 0.452 e. The van der Waals surface area contributed by atoms with Crippen molar-refractivity contribution in [2.75, 3.05) is 12.9 Å². The molecule has 0 bridgehead atoms. The van der Waals surface area contributed by atoms with Gasteiger partial charge in [0.15, 0.2) is 6.61 Å². The Bertz CT molecular complexity index is 857. The predicted octanol–water partition coefficient (Wildman–Crippen LogP) is 4.00. The molecular formula is C18H17ClN2O5S. The van der Waals surface area contributed by atoms with Crippen molar-refractivity contribution in [2.45, 2.75) is 17.9 Å². The van der Waals surface area contributed by atoms with Crippen molar-refractivity contribution in [3.63, 3.8) is 0 Å². The van der Waals surface area contributed by atoms with Gasteiger partial charge < -0.3 is 10.1 Å². The van der Waals surface area contributed by atoms with E-state index >= 15 is 0 Å². The maximum Gasteiger partial charge on any atom is 0.338 e. The quantitative estimate of drug-likeness (QED) is 0.321. The van der Waals surface area contributed by atoms with Gasteiger partial charge in [-0.05, 0) is 43.0 Å². The third kappa shape index (κ3) is 5.70. The number of nitro groups is 1. The zero-order valence-corrected chi connectivity index (χ0v) is 16.2. The lowest BCUT2D eigenvalue weighted by Crippen LogP contribution is -2.31. The second kappa shape index (κ2) is 9.38. The Kier molecular flexibility index (Phi) is 7.20. The van der Waals surface area contributed by atoms with Gasteiger partial charge in [-0.25, -0.2) is 4.79 Å². The third-order valence-electron chi connectivity index (χ3n) is 3.69. The van der Waals surface area contributed by atoms with Crippen LogP contribution < -0.4 is 5.32 Å². The molecule has 1 amide bonds. The number of ether oxygens (including phenoxy) is 1. The number of hydrogen-bond donors (Lipinski definition) is 1. The van der Waals surface area contributed by atoms with Crippen LogP contribution >= 0.6 is 23.4 Å². The lowest BCUT2D eigenvalue weighted by atomic mass is 10.1. The summed E-state index contributed by atoms with van der Waals surface area (Å²) < 4.78 is 4.95. The molecule has 0 aliphatic rings. The van der Waals surface area contributed by atoms with Gasteiger partial charge in [0.25, 0.3) is 11.6 Å². The SMILES string of the molecule is CSc1ccc(C(=O)OCC(=O)N[C@H](C)c2ccc(Cl)cc2)cc1[N+](=O)[O-]. The Morgan fingerprint density at radius 1 is 1.26 bits per heavy atom. The maximum atomic E-state index is 12.1. The Balaban J connectivity index is 1.94. The van der Waals surface area contributed by atoms with Crippen LogP contribution in [0.3, 0.4) is 0 Å². The van der Waals surface area contributed by atoms with Crippen molar-refractivity contribution in [3.8, 4) is 0 Å². The van der Waals surface area contributed by atoms with E-state index in [-0.39, 0.29) is 17.3 Å². The molecule has 0 saturated carbocycles. The molecule has 0 aliphatic carbocycles. The highest BCUT2D eigenvalue weighted by molar-refractivity contribution is 7.98. The third-order valence-corrected chi connectivity index (χ3v) is 4.73. The zero-order chi connectivity index (χ0) is 20.0.